The Morgan fingerprint density at radius 1 is 1.14 bits per heavy atom. The van der Waals surface area contributed by atoms with Gasteiger partial charge in [0.1, 0.15) is 0 Å². The van der Waals surface area contributed by atoms with Crippen LogP contribution in [0.2, 0.25) is 5.02 Å². The van der Waals surface area contributed by atoms with Crippen LogP contribution in [-0.2, 0) is 4.79 Å². The Hall–Kier alpha value is -3.02. The molecular weight excluding hydrogens is 438 g/mol. The molecule has 12 heteroatoms. The molecule has 0 radical (unpaired) electrons. The van der Waals surface area contributed by atoms with E-state index in [1.165, 1.54) is 30.3 Å². The predicted octanol–water partition coefficient (Wildman–Crippen LogP) is 4.08. The van der Waals surface area contributed by atoms with Gasteiger partial charge in [0.2, 0.25) is 11.0 Å². The maximum Gasteiger partial charge on any atom is 0.269 e. The zero-order valence-corrected chi connectivity index (χ0v) is 16.9. The summed E-state index contributed by atoms with van der Waals surface area (Å²) in [5.74, 6) is -0.604. The summed E-state index contributed by atoms with van der Waals surface area (Å²) < 4.78 is 0.505. The number of carbonyl (C=O) groups excluding carboxylic acids is 2. The minimum absolute atomic E-state index is 0.0569. The second kappa shape index (κ2) is 9.45. The van der Waals surface area contributed by atoms with Gasteiger partial charge in [0.25, 0.3) is 11.6 Å². The molecule has 0 aliphatic rings. The quantitative estimate of drug-likeness (QED) is 0.240. The summed E-state index contributed by atoms with van der Waals surface area (Å²) in [7, 11) is 0. The molecule has 0 spiro atoms. The number of aromatic nitrogens is 2. The summed E-state index contributed by atoms with van der Waals surface area (Å²) in [6, 6.07) is 12.0. The van der Waals surface area contributed by atoms with Gasteiger partial charge in [-0.1, -0.05) is 40.8 Å². The first-order valence-electron chi connectivity index (χ1n) is 7.98. The molecule has 0 aliphatic carbocycles. The molecule has 0 bridgehead atoms. The van der Waals surface area contributed by atoms with Crippen molar-refractivity contribution in [1.29, 1.82) is 0 Å². The Kier molecular flexibility index (Phi) is 6.75. The Balaban J connectivity index is 1.50. The fourth-order valence-corrected chi connectivity index (χ4v) is 3.85. The molecule has 9 nitrogen and oxygen atoms in total. The molecule has 0 saturated heterocycles. The van der Waals surface area contributed by atoms with Crippen LogP contribution in [0.15, 0.2) is 52.9 Å². The number of hydrogen-bond donors (Lipinski definition) is 2. The van der Waals surface area contributed by atoms with Crippen LogP contribution in [0.4, 0.5) is 16.5 Å². The highest BCUT2D eigenvalue weighted by Gasteiger charge is 2.13. The third-order valence-electron chi connectivity index (χ3n) is 3.40. The predicted molar refractivity (Wildman–Crippen MR) is 112 cm³/mol. The van der Waals surface area contributed by atoms with Crippen molar-refractivity contribution in [1.82, 2.24) is 10.2 Å². The molecule has 0 atom stereocenters. The number of nitro benzene ring substituents is 1. The Morgan fingerprint density at radius 3 is 2.59 bits per heavy atom. The normalized spacial score (nSPS) is 10.4. The molecule has 3 aromatic rings. The summed E-state index contributed by atoms with van der Waals surface area (Å²) >= 11 is 8.16. The van der Waals surface area contributed by atoms with Crippen LogP contribution in [0.3, 0.4) is 0 Å². The van der Waals surface area contributed by atoms with Crippen molar-refractivity contribution in [3.05, 3.63) is 69.2 Å². The van der Waals surface area contributed by atoms with E-state index >= 15 is 0 Å². The molecule has 3 rings (SSSR count). The van der Waals surface area contributed by atoms with Crippen LogP contribution in [0.25, 0.3) is 0 Å². The fourth-order valence-electron chi connectivity index (χ4n) is 2.11. The smallest absolute Gasteiger partial charge is 0.269 e. The summed E-state index contributed by atoms with van der Waals surface area (Å²) in [5, 5.41) is 24.4. The van der Waals surface area contributed by atoms with Gasteiger partial charge in [-0.3, -0.25) is 25.0 Å². The summed E-state index contributed by atoms with van der Waals surface area (Å²) in [6.07, 6.45) is 0. The van der Waals surface area contributed by atoms with Gasteiger partial charge in [0.15, 0.2) is 4.34 Å². The van der Waals surface area contributed by atoms with Crippen molar-refractivity contribution in [2.75, 3.05) is 16.4 Å². The first kappa shape index (κ1) is 20.7. The van der Waals surface area contributed by atoms with E-state index in [0.717, 1.165) is 23.1 Å². The van der Waals surface area contributed by atoms with Crippen molar-refractivity contribution >= 4 is 63.0 Å². The molecule has 2 amide bonds. The molecule has 0 unspecified atom stereocenters. The highest BCUT2D eigenvalue weighted by Crippen LogP contribution is 2.26. The minimum Gasteiger partial charge on any atom is -0.325 e. The highest BCUT2D eigenvalue weighted by atomic mass is 35.5. The van der Waals surface area contributed by atoms with E-state index in [1.807, 2.05) is 0 Å². The zero-order chi connectivity index (χ0) is 20.8. The van der Waals surface area contributed by atoms with Crippen molar-refractivity contribution < 1.29 is 14.5 Å². The monoisotopic (exact) mass is 449 g/mol. The standard InChI is InChI=1S/C17H12ClN5O4S2/c18-11-3-1-2-10(8-11)15(25)20-16-21-22-17(29-16)28-9-14(24)19-12-4-6-13(7-5-12)23(26)27/h1-8H,9H2,(H,19,24)(H,20,21,25). The number of nitro groups is 1. The third kappa shape index (κ3) is 5.98. The van der Waals surface area contributed by atoms with Crippen LogP contribution >= 0.6 is 34.7 Å². The van der Waals surface area contributed by atoms with Crippen molar-refractivity contribution in [2.24, 2.45) is 0 Å². The molecule has 2 aromatic carbocycles. The maximum absolute atomic E-state index is 12.2. The number of nitrogens with one attached hydrogen (secondary N) is 2. The number of amides is 2. The second-order valence-corrected chi connectivity index (χ2v) is 8.11. The molecule has 0 saturated carbocycles. The van der Waals surface area contributed by atoms with E-state index in [4.69, 9.17) is 11.6 Å². The SMILES string of the molecule is O=C(CSc1nnc(NC(=O)c2cccc(Cl)c2)s1)Nc1ccc([N+](=O)[O-])cc1. The van der Waals surface area contributed by atoms with Crippen LogP contribution < -0.4 is 10.6 Å². The van der Waals surface area contributed by atoms with Gasteiger partial charge in [0, 0.05) is 28.4 Å². The first-order chi connectivity index (χ1) is 13.9. The number of carbonyl (C=O) groups is 2. The van der Waals surface area contributed by atoms with Crippen molar-refractivity contribution in [2.45, 2.75) is 4.34 Å². The molecule has 0 fully saturated rings. The van der Waals surface area contributed by atoms with Gasteiger partial charge in [-0.15, -0.1) is 10.2 Å². The number of anilines is 2. The average molecular weight is 450 g/mol. The molecule has 2 N–H and O–H groups in total. The average Bonchev–Trinajstić information content (AvgIpc) is 3.14. The molecular formula is C17H12ClN5O4S2. The lowest BCUT2D eigenvalue weighted by Crippen LogP contribution is -2.13. The Morgan fingerprint density at radius 2 is 1.90 bits per heavy atom. The number of thioether (sulfide) groups is 1. The highest BCUT2D eigenvalue weighted by molar-refractivity contribution is 8.01. The van der Waals surface area contributed by atoms with Crippen LogP contribution in [0, 0.1) is 10.1 Å². The van der Waals surface area contributed by atoms with Crippen molar-refractivity contribution in [3.63, 3.8) is 0 Å². The van der Waals surface area contributed by atoms with Crippen LogP contribution in [-0.4, -0.2) is 32.7 Å². The van der Waals surface area contributed by atoms with E-state index in [2.05, 4.69) is 20.8 Å². The van der Waals surface area contributed by atoms with Gasteiger partial charge >= 0.3 is 0 Å². The number of rotatable bonds is 7. The summed E-state index contributed by atoms with van der Waals surface area (Å²) in [5.41, 5.74) is 0.788. The van der Waals surface area contributed by atoms with E-state index in [0.29, 0.717) is 25.7 Å². The van der Waals surface area contributed by atoms with Gasteiger partial charge < -0.3 is 5.32 Å². The van der Waals surface area contributed by atoms with E-state index < -0.39 is 4.92 Å². The maximum atomic E-state index is 12.2. The number of halogens is 1. The van der Waals surface area contributed by atoms with E-state index in [9.17, 15) is 19.7 Å². The fraction of sp³-hybridized carbons (Fsp3) is 0.0588. The molecule has 1 aromatic heterocycles. The topological polar surface area (TPSA) is 127 Å². The number of benzene rings is 2. The first-order valence-corrected chi connectivity index (χ1v) is 10.2. The Labute approximate surface area is 177 Å². The summed E-state index contributed by atoms with van der Waals surface area (Å²) in [6.45, 7) is 0. The van der Waals surface area contributed by atoms with Gasteiger partial charge in [0.05, 0.1) is 10.7 Å². The van der Waals surface area contributed by atoms with Crippen molar-refractivity contribution in [3.8, 4) is 0 Å². The number of non-ortho nitro benzene ring substituents is 1. The van der Waals surface area contributed by atoms with Crippen LogP contribution in [0.1, 0.15) is 10.4 Å². The largest absolute Gasteiger partial charge is 0.325 e. The Bertz CT molecular complexity index is 1060. The third-order valence-corrected chi connectivity index (χ3v) is 5.61. The summed E-state index contributed by atoms with van der Waals surface area (Å²) in [4.78, 5) is 34.3. The van der Waals surface area contributed by atoms with Gasteiger partial charge in [-0.05, 0) is 30.3 Å². The van der Waals surface area contributed by atoms with E-state index in [1.54, 1.807) is 18.2 Å². The van der Waals surface area contributed by atoms with Crippen LogP contribution in [0.5, 0.6) is 0 Å². The number of nitrogens with zero attached hydrogens (tertiary/aromatic N) is 3. The van der Waals surface area contributed by atoms with Gasteiger partial charge in [-0.2, -0.15) is 0 Å². The molecule has 29 heavy (non-hydrogen) atoms. The van der Waals surface area contributed by atoms with Gasteiger partial charge in [-0.25, -0.2) is 0 Å². The molecule has 0 aliphatic heterocycles. The molecule has 148 valence electrons. The lowest BCUT2D eigenvalue weighted by molar-refractivity contribution is -0.384. The zero-order valence-electron chi connectivity index (χ0n) is 14.5. The lowest BCUT2D eigenvalue weighted by Gasteiger charge is -2.03. The van der Waals surface area contributed by atoms with E-state index in [-0.39, 0.29) is 23.3 Å². The minimum atomic E-state index is -0.514. The second-order valence-electron chi connectivity index (χ2n) is 5.48. The lowest BCUT2D eigenvalue weighted by atomic mass is 10.2. The molecule has 1 heterocycles. The number of hydrogen-bond acceptors (Lipinski definition) is 8.